The first-order valence-corrected chi connectivity index (χ1v) is 6.43. The number of hydrogen-bond acceptors (Lipinski definition) is 1. The van der Waals surface area contributed by atoms with Gasteiger partial charge in [0.15, 0.2) is 0 Å². The lowest BCUT2D eigenvalue weighted by atomic mass is 9.97. The molecule has 0 saturated carbocycles. The molecule has 1 N–H and O–H groups in total. The molecule has 90 valence electrons. The van der Waals surface area contributed by atoms with Crippen LogP contribution in [0.15, 0.2) is 22.7 Å². The molecule has 0 spiro atoms. The maximum atomic E-state index is 13.6. The Balaban J connectivity index is 2.73. The average molecular weight is 288 g/mol. The Morgan fingerprint density at radius 2 is 2.06 bits per heavy atom. The number of hydrogen-bond donors (Lipinski definition) is 1. The summed E-state index contributed by atoms with van der Waals surface area (Å²) < 4.78 is 14.5. The molecule has 0 aromatic heterocycles. The summed E-state index contributed by atoms with van der Waals surface area (Å²) in [6.45, 7) is 4.36. The third-order valence-electron chi connectivity index (χ3n) is 2.64. The molecule has 0 amide bonds. The minimum absolute atomic E-state index is 0.118. The second kappa shape index (κ2) is 6.36. The third kappa shape index (κ3) is 4.22. The normalized spacial score (nSPS) is 13.1. The average Bonchev–Trinajstić information content (AvgIpc) is 2.21. The zero-order chi connectivity index (χ0) is 12.1. The summed E-state index contributed by atoms with van der Waals surface area (Å²) in [5.74, 6) is 0.500. The van der Waals surface area contributed by atoms with Gasteiger partial charge in [0.05, 0.1) is 0 Å². The maximum Gasteiger partial charge on any atom is 0.126 e. The van der Waals surface area contributed by atoms with E-state index in [1.807, 2.05) is 13.1 Å². The largest absolute Gasteiger partial charge is 0.317 e. The van der Waals surface area contributed by atoms with Gasteiger partial charge in [0.1, 0.15) is 5.82 Å². The third-order valence-corrected chi connectivity index (χ3v) is 3.13. The fourth-order valence-electron chi connectivity index (χ4n) is 1.84. The van der Waals surface area contributed by atoms with Crippen molar-refractivity contribution in [2.75, 3.05) is 7.05 Å². The van der Waals surface area contributed by atoms with Crippen molar-refractivity contribution in [3.63, 3.8) is 0 Å². The zero-order valence-corrected chi connectivity index (χ0v) is 11.6. The van der Waals surface area contributed by atoms with Gasteiger partial charge in [-0.15, -0.1) is 0 Å². The number of nitrogens with one attached hydrogen (secondary N) is 1. The van der Waals surface area contributed by atoms with Gasteiger partial charge in [-0.25, -0.2) is 4.39 Å². The molecule has 1 atom stereocenters. The van der Waals surface area contributed by atoms with E-state index in [-0.39, 0.29) is 5.82 Å². The van der Waals surface area contributed by atoms with Crippen molar-refractivity contribution in [1.82, 2.24) is 5.32 Å². The molecular weight excluding hydrogens is 269 g/mol. The Hall–Kier alpha value is -0.410. The lowest BCUT2D eigenvalue weighted by Crippen LogP contribution is -2.29. The Bertz CT molecular complexity index is 339. The van der Waals surface area contributed by atoms with E-state index in [9.17, 15) is 4.39 Å². The predicted octanol–water partition coefficient (Wildman–Crippen LogP) is 3.76. The molecule has 0 fully saturated rings. The van der Waals surface area contributed by atoms with Gasteiger partial charge in [-0.05, 0) is 49.6 Å². The molecule has 3 heteroatoms. The summed E-state index contributed by atoms with van der Waals surface area (Å²) in [6, 6.07) is 5.45. The molecule has 0 saturated heterocycles. The molecule has 0 aliphatic heterocycles. The van der Waals surface area contributed by atoms with Crippen LogP contribution in [0.4, 0.5) is 4.39 Å². The van der Waals surface area contributed by atoms with E-state index in [0.717, 1.165) is 22.9 Å². The maximum absolute atomic E-state index is 13.6. The smallest absolute Gasteiger partial charge is 0.126 e. The molecule has 16 heavy (non-hydrogen) atoms. The Kier molecular flexibility index (Phi) is 5.42. The van der Waals surface area contributed by atoms with Gasteiger partial charge in [0.25, 0.3) is 0 Å². The van der Waals surface area contributed by atoms with E-state index >= 15 is 0 Å². The summed E-state index contributed by atoms with van der Waals surface area (Å²) >= 11 is 3.37. The fourth-order valence-corrected chi connectivity index (χ4v) is 2.25. The van der Waals surface area contributed by atoms with E-state index in [4.69, 9.17) is 0 Å². The molecular formula is C13H19BrFN. The van der Waals surface area contributed by atoms with Crippen LogP contribution in [-0.4, -0.2) is 13.1 Å². The van der Waals surface area contributed by atoms with Gasteiger partial charge >= 0.3 is 0 Å². The lowest BCUT2D eigenvalue weighted by Gasteiger charge is -2.18. The molecule has 0 aliphatic carbocycles. The highest BCUT2D eigenvalue weighted by Crippen LogP contribution is 2.18. The fraction of sp³-hybridized carbons (Fsp3) is 0.538. The van der Waals surface area contributed by atoms with Crippen molar-refractivity contribution in [1.29, 1.82) is 0 Å². The highest BCUT2D eigenvalue weighted by atomic mass is 79.9. The van der Waals surface area contributed by atoms with Crippen LogP contribution in [0.5, 0.6) is 0 Å². The number of rotatable bonds is 5. The van der Waals surface area contributed by atoms with Gasteiger partial charge in [-0.3, -0.25) is 0 Å². The minimum atomic E-state index is -0.118. The van der Waals surface area contributed by atoms with Crippen molar-refractivity contribution in [2.45, 2.75) is 32.7 Å². The van der Waals surface area contributed by atoms with Crippen molar-refractivity contribution in [2.24, 2.45) is 5.92 Å². The lowest BCUT2D eigenvalue weighted by molar-refractivity contribution is 0.435. The van der Waals surface area contributed by atoms with Crippen LogP contribution >= 0.6 is 15.9 Å². The summed E-state index contributed by atoms with van der Waals surface area (Å²) in [6.07, 6.45) is 1.79. The first-order chi connectivity index (χ1) is 7.52. The minimum Gasteiger partial charge on any atom is -0.317 e. The standard InChI is InChI=1S/C13H19BrFN/c1-9(2)6-12(16-3)8-10-7-11(14)4-5-13(10)15/h4-5,7,9,12,16H,6,8H2,1-3H3. The molecule has 1 rings (SSSR count). The molecule has 1 unspecified atom stereocenters. The van der Waals surface area contributed by atoms with Crippen LogP contribution in [0.2, 0.25) is 0 Å². The first kappa shape index (κ1) is 13.7. The van der Waals surface area contributed by atoms with E-state index in [1.54, 1.807) is 6.07 Å². The first-order valence-electron chi connectivity index (χ1n) is 5.64. The van der Waals surface area contributed by atoms with Gasteiger partial charge in [0.2, 0.25) is 0 Å². The summed E-state index contributed by atoms with van der Waals surface area (Å²) in [5, 5.41) is 3.25. The topological polar surface area (TPSA) is 12.0 Å². The van der Waals surface area contributed by atoms with E-state index in [1.165, 1.54) is 6.07 Å². The number of likely N-dealkylation sites (N-methyl/N-ethyl adjacent to an activating group) is 1. The van der Waals surface area contributed by atoms with Crippen LogP contribution in [0.25, 0.3) is 0 Å². The van der Waals surface area contributed by atoms with E-state index < -0.39 is 0 Å². The Morgan fingerprint density at radius 1 is 1.38 bits per heavy atom. The SMILES string of the molecule is CNC(Cc1cc(Br)ccc1F)CC(C)C. The van der Waals surface area contributed by atoms with Crippen molar-refractivity contribution >= 4 is 15.9 Å². The summed E-state index contributed by atoms with van der Waals surface area (Å²) in [7, 11) is 1.93. The molecule has 0 bridgehead atoms. The van der Waals surface area contributed by atoms with Crippen molar-refractivity contribution in [3.8, 4) is 0 Å². The molecule has 0 aliphatic rings. The van der Waals surface area contributed by atoms with E-state index in [0.29, 0.717) is 12.0 Å². The van der Waals surface area contributed by atoms with Gasteiger partial charge in [-0.1, -0.05) is 29.8 Å². The molecule has 1 aromatic carbocycles. The van der Waals surface area contributed by atoms with Crippen LogP contribution in [0.1, 0.15) is 25.8 Å². The summed E-state index contributed by atoms with van der Waals surface area (Å²) in [5.41, 5.74) is 0.773. The van der Waals surface area contributed by atoms with Gasteiger partial charge in [0, 0.05) is 10.5 Å². The second-order valence-electron chi connectivity index (χ2n) is 4.56. The second-order valence-corrected chi connectivity index (χ2v) is 5.47. The van der Waals surface area contributed by atoms with Crippen molar-refractivity contribution < 1.29 is 4.39 Å². The highest BCUT2D eigenvalue weighted by Gasteiger charge is 2.12. The van der Waals surface area contributed by atoms with Gasteiger partial charge in [-0.2, -0.15) is 0 Å². The van der Waals surface area contributed by atoms with E-state index in [2.05, 4.69) is 35.1 Å². The van der Waals surface area contributed by atoms with Crippen LogP contribution < -0.4 is 5.32 Å². The van der Waals surface area contributed by atoms with Crippen molar-refractivity contribution in [3.05, 3.63) is 34.1 Å². The quantitative estimate of drug-likeness (QED) is 0.869. The van der Waals surface area contributed by atoms with Gasteiger partial charge < -0.3 is 5.32 Å². The number of halogens is 2. The predicted molar refractivity (Wildman–Crippen MR) is 70.1 cm³/mol. The Labute approximate surface area is 106 Å². The number of benzene rings is 1. The van der Waals surface area contributed by atoms with Crippen LogP contribution in [0, 0.1) is 11.7 Å². The summed E-state index contributed by atoms with van der Waals surface area (Å²) in [4.78, 5) is 0. The van der Waals surface area contributed by atoms with Crippen LogP contribution in [0.3, 0.4) is 0 Å². The molecule has 0 heterocycles. The molecule has 1 aromatic rings. The van der Waals surface area contributed by atoms with Crippen LogP contribution in [-0.2, 0) is 6.42 Å². The molecule has 0 radical (unpaired) electrons. The zero-order valence-electron chi connectivity index (χ0n) is 10.1. The monoisotopic (exact) mass is 287 g/mol. The molecule has 1 nitrogen and oxygen atoms in total. The Morgan fingerprint density at radius 3 is 2.62 bits per heavy atom. The highest BCUT2D eigenvalue weighted by molar-refractivity contribution is 9.10.